The van der Waals surface area contributed by atoms with Crippen LogP contribution in [-0.4, -0.2) is 37.5 Å². The molecule has 0 aromatic rings. The van der Waals surface area contributed by atoms with Crippen LogP contribution in [0.1, 0.15) is 13.3 Å². The lowest BCUT2D eigenvalue weighted by Crippen LogP contribution is -2.43. The van der Waals surface area contributed by atoms with Crippen molar-refractivity contribution in [3.05, 3.63) is 12.0 Å². The molecule has 14 heavy (non-hydrogen) atoms. The number of rotatable bonds is 3. The molecule has 0 bridgehead atoms. The lowest BCUT2D eigenvalue weighted by molar-refractivity contribution is 0.138. The average molecular weight is 219 g/mol. The third-order valence-electron chi connectivity index (χ3n) is 2.54. The molecule has 1 rings (SSSR count). The van der Waals surface area contributed by atoms with E-state index in [1.165, 1.54) is 4.31 Å². The highest BCUT2D eigenvalue weighted by atomic mass is 32.2. The molecule has 2 unspecified atom stereocenters. The molecule has 1 saturated heterocycles. The van der Waals surface area contributed by atoms with E-state index in [4.69, 9.17) is 5.11 Å². The fraction of sp³-hybridized carbons (Fsp3) is 0.778. The summed E-state index contributed by atoms with van der Waals surface area (Å²) in [5.41, 5.74) is 0. The number of hydrogen-bond acceptors (Lipinski definition) is 3. The van der Waals surface area contributed by atoms with Crippen molar-refractivity contribution >= 4 is 10.0 Å². The Morgan fingerprint density at radius 2 is 2.21 bits per heavy atom. The van der Waals surface area contributed by atoms with Crippen LogP contribution in [0.3, 0.4) is 0 Å². The molecule has 1 heterocycles. The Morgan fingerprint density at radius 3 is 2.71 bits per heavy atom. The van der Waals surface area contributed by atoms with Gasteiger partial charge in [0, 0.05) is 25.1 Å². The van der Waals surface area contributed by atoms with Crippen LogP contribution in [0, 0.1) is 11.8 Å². The van der Waals surface area contributed by atoms with Crippen LogP contribution in [0.15, 0.2) is 12.0 Å². The van der Waals surface area contributed by atoms with Gasteiger partial charge in [0.1, 0.15) is 0 Å². The van der Waals surface area contributed by atoms with Crippen molar-refractivity contribution in [3.8, 4) is 0 Å². The van der Waals surface area contributed by atoms with Crippen LogP contribution >= 0.6 is 0 Å². The van der Waals surface area contributed by atoms with E-state index in [9.17, 15) is 8.42 Å². The van der Waals surface area contributed by atoms with Crippen molar-refractivity contribution in [2.24, 2.45) is 11.8 Å². The second-order valence-corrected chi connectivity index (χ2v) is 5.80. The number of nitrogens with zero attached hydrogens (tertiary/aromatic N) is 1. The van der Waals surface area contributed by atoms with Gasteiger partial charge in [-0.1, -0.05) is 13.5 Å². The van der Waals surface area contributed by atoms with Crippen LogP contribution < -0.4 is 0 Å². The molecule has 1 N–H and O–H groups in total. The summed E-state index contributed by atoms with van der Waals surface area (Å²) in [6.45, 7) is 6.28. The minimum atomic E-state index is -3.31. The van der Waals surface area contributed by atoms with Gasteiger partial charge in [0.15, 0.2) is 0 Å². The van der Waals surface area contributed by atoms with Crippen LogP contribution in [-0.2, 0) is 10.0 Å². The van der Waals surface area contributed by atoms with Crippen molar-refractivity contribution in [1.29, 1.82) is 0 Å². The number of piperidine rings is 1. The Labute approximate surface area is 85.3 Å². The minimum absolute atomic E-state index is 0.0491. The first-order valence-corrected chi connectivity index (χ1v) is 6.23. The van der Waals surface area contributed by atoms with Gasteiger partial charge in [0.25, 0.3) is 0 Å². The lowest BCUT2D eigenvalue weighted by Gasteiger charge is -2.33. The van der Waals surface area contributed by atoms with Gasteiger partial charge in [0.2, 0.25) is 10.0 Å². The van der Waals surface area contributed by atoms with E-state index < -0.39 is 10.0 Å². The molecule has 1 aliphatic rings. The van der Waals surface area contributed by atoms with Crippen LogP contribution in [0.4, 0.5) is 0 Å². The molecular weight excluding hydrogens is 202 g/mol. The van der Waals surface area contributed by atoms with E-state index >= 15 is 0 Å². The van der Waals surface area contributed by atoms with Gasteiger partial charge < -0.3 is 5.11 Å². The number of sulfonamides is 1. The smallest absolute Gasteiger partial charge is 0.235 e. The van der Waals surface area contributed by atoms with E-state index in [1.54, 1.807) is 0 Å². The molecule has 0 amide bonds. The van der Waals surface area contributed by atoms with E-state index in [1.807, 2.05) is 6.92 Å². The maximum Gasteiger partial charge on any atom is 0.235 e. The minimum Gasteiger partial charge on any atom is -0.396 e. The fourth-order valence-electron chi connectivity index (χ4n) is 1.87. The molecule has 0 aromatic heterocycles. The van der Waals surface area contributed by atoms with Crippen LogP contribution in [0.2, 0.25) is 0 Å². The summed E-state index contributed by atoms with van der Waals surface area (Å²) in [5, 5.41) is 9.99. The zero-order valence-electron chi connectivity index (χ0n) is 8.39. The Hall–Kier alpha value is -0.390. The molecule has 0 aliphatic carbocycles. The normalized spacial score (nSPS) is 30.1. The van der Waals surface area contributed by atoms with Gasteiger partial charge in [-0.2, -0.15) is 4.31 Å². The molecule has 5 heteroatoms. The first-order chi connectivity index (χ1) is 6.49. The predicted molar refractivity (Wildman–Crippen MR) is 55.0 cm³/mol. The maximum atomic E-state index is 11.5. The molecule has 1 aliphatic heterocycles. The maximum absolute atomic E-state index is 11.5. The molecule has 1 fully saturated rings. The molecule has 0 radical (unpaired) electrons. The third kappa shape index (κ3) is 2.56. The number of hydrogen-bond donors (Lipinski definition) is 1. The van der Waals surface area contributed by atoms with E-state index in [-0.39, 0.29) is 12.5 Å². The molecular formula is C9H17NO3S. The Balaban J connectivity index is 2.76. The quantitative estimate of drug-likeness (QED) is 0.748. The van der Waals surface area contributed by atoms with E-state index in [0.29, 0.717) is 19.0 Å². The summed E-state index contributed by atoms with van der Waals surface area (Å²) in [5.74, 6) is 0.365. The van der Waals surface area contributed by atoms with Crippen molar-refractivity contribution in [2.45, 2.75) is 13.3 Å². The molecule has 0 saturated carbocycles. The summed E-state index contributed by atoms with van der Waals surface area (Å²) in [6.07, 6.45) is 0.889. The molecule has 2 atom stereocenters. The van der Waals surface area contributed by atoms with Gasteiger partial charge in [-0.05, 0) is 18.3 Å². The SMILES string of the molecule is C=CS(=O)(=O)N1CC(C)CC(CO)C1. The second kappa shape index (κ2) is 4.42. The van der Waals surface area contributed by atoms with Crippen molar-refractivity contribution < 1.29 is 13.5 Å². The summed E-state index contributed by atoms with van der Waals surface area (Å²) in [4.78, 5) is 0. The van der Waals surface area contributed by atoms with Gasteiger partial charge in [-0.15, -0.1) is 0 Å². The topological polar surface area (TPSA) is 57.6 Å². The van der Waals surface area contributed by atoms with Gasteiger partial charge in [-0.25, -0.2) is 8.42 Å². The molecule has 82 valence electrons. The summed E-state index contributed by atoms with van der Waals surface area (Å²) >= 11 is 0. The zero-order valence-corrected chi connectivity index (χ0v) is 9.20. The Bertz CT molecular complexity index is 299. The van der Waals surface area contributed by atoms with Crippen molar-refractivity contribution in [1.82, 2.24) is 4.31 Å². The first-order valence-electron chi connectivity index (χ1n) is 4.73. The molecule has 0 spiro atoms. The highest BCUT2D eigenvalue weighted by Crippen LogP contribution is 2.23. The summed E-state index contributed by atoms with van der Waals surface area (Å²) < 4.78 is 24.4. The highest BCUT2D eigenvalue weighted by Gasteiger charge is 2.30. The third-order valence-corrected chi connectivity index (χ3v) is 3.98. The van der Waals surface area contributed by atoms with Gasteiger partial charge in [-0.3, -0.25) is 0 Å². The van der Waals surface area contributed by atoms with Crippen molar-refractivity contribution in [3.63, 3.8) is 0 Å². The summed E-state index contributed by atoms with van der Waals surface area (Å²) in [7, 11) is -3.31. The standard InChI is InChI=1S/C9H17NO3S/c1-3-14(12,13)10-5-8(2)4-9(6-10)7-11/h3,8-9,11H,1,4-7H2,2H3. The first kappa shape index (κ1) is 11.7. The van der Waals surface area contributed by atoms with E-state index in [2.05, 4.69) is 6.58 Å². The fourth-order valence-corrected chi connectivity index (χ4v) is 2.97. The van der Waals surface area contributed by atoms with Gasteiger partial charge in [0.05, 0.1) is 0 Å². The molecule has 0 aromatic carbocycles. The van der Waals surface area contributed by atoms with Gasteiger partial charge >= 0.3 is 0 Å². The zero-order chi connectivity index (χ0) is 10.8. The average Bonchev–Trinajstić information content (AvgIpc) is 2.16. The van der Waals surface area contributed by atoms with Crippen LogP contribution in [0.25, 0.3) is 0 Å². The Kier molecular flexibility index (Phi) is 3.69. The number of aliphatic hydroxyl groups is 1. The molecule has 4 nitrogen and oxygen atoms in total. The lowest BCUT2D eigenvalue weighted by atomic mass is 9.93. The Morgan fingerprint density at radius 1 is 1.57 bits per heavy atom. The van der Waals surface area contributed by atoms with E-state index in [0.717, 1.165) is 11.8 Å². The number of aliphatic hydroxyl groups excluding tert-OH is 1. The van der Waals surface area contributed by atoms with Crippen molar-refractivity contribution in [2.75, 3.05) is 19.7 Å². The predicted octanol–water partition coefficient (Wildman–Crippen LogP) is 0.410. The van der Waals surface area contributed by atoms with Crippen LogP contribution in [0.5, 0.6) is 0 Å². The highest BCUT2D eigenvalue weighted by molar-refractivity contribution is 7.92. The second-order valence-electron chi connectivity index (χ2n) is 3.92. The summed E-state index contributed by atoms with van der Waals surface area (Å²) in [6, 6.07) is 0. The largest absolute Gasteiger partial charge is 0.396 e. The monoisotopic (exact) mass is 219 g/mol.